The number of aliphatic hydroxyl groups excluding tert-OH is 1. The highest BCUT2D eigenvalue weighted by Gasteiger charge is 2.39. The molecule has 0 aliphatic heterocycles. The summed E-state index contributed by atoms with van der Waals surface area (Å²) in [6.07, 6.45) is -5.32. The lowest BCUT2D eigenvalue weighted by Crippen LogP contribution is -2.35. The highest BCUT2D eigenvalue weighted by molar-refractivity contribution is 5.97. The van der Waals surface area contributed by atoms with Crippen LogP contribution >= 0.6 is 0 Å². The maximum absolute atomic E-state index is 13.9. The Labute approximate surface area is 205 Å². The van der Waals surface area contributed by atoms with Gasteiger partial charge in [0.15, 0.2) is 17.2 Å². The molecular weight excluding hydrogens is 482 g/mol. The van der Waals surface area contributed by atoms with E-state index in [9.17, 15) is 32.6 Å². The molecule has 2 atom stereocenters. The topological polar surface area (TPSA) is 97.0 Å². The van der Waals surface area contributed by atoms with E-state index >= 15 is 0 Å². The van der Waals surface area contributed by atoms with Gasteiger partial charge in [-0.2, -0.15) is 13.2 Å². The summed E-state index contributed by atoms with van der Waals surface area (Å²) in [6, 6.07) is 4.42. The lowest BCUT2D eigenvalue weighted by atomic mass is 9.82. The van der Waals surface area contributed by atoms with Gasteiger partial charge in [-0.1, -0.05) is 0 Å². The monoisotopic (exact) mass is 511 g/mol. The molecule has 2 N–H and O–H groups in total. The molecule has 0 fully saturated rings. The van der Waals surface area contributed by atoms with Crippen molar-refractivity contribution >= 4 is 11.4 Å². The Hall–Kier alpha value is -3.05. The summed E-state index contributed by atoms with van der Waals surface area (Å²) < 4.78 is 59.5. The fraction of sp³-hybridized carbons (Fsp3) is 0.480. The molecular formula is C25H29F4N3O4. The third-order valence-electron chi connectivity index (χ3n) is 6.06. The molecule has 3 heterocycles. The molecule has 36 heavy (non-hydrogen) atoms. The number of fused-ring (bicyclic) bond motifs is 1. The van der Waals surface area contributed by atoms with Gasteiger partial charge in [-0.25, -0.2) is 9.37 Å². The number of imidazole rings is 1. The zero-order valence-corrected chi connectivity index (χ0v) is 20.4. The highest BCUT2D eigenvalue weighted by Crippen LogP contribution is 2.32. The number of carbonyl (C=O) groups is 1. The normalized spacial score (nSPS) is 14.2. The Kier molecular flexibility index (Phi) is 8.04. The van der Waals surface area contributed by atoms with Gasteiger partial charge in [-0.15, -0.1) is 0 Å². The number of hydrogen-bond acceptors (Lipinski definition) is 6. The zero-order chi connectivity index (χ0) is 26.8. The van der Waals surface area contributed by atoms with E-state index in [1.165, 1.54) is 36.6 Å². The van der Waals surface area contributed by atoms with Gasteiger partial charge in [0.1, 0.15) is 29.9 Å². The number of pyridine rings is 2. The number of halogens is 4. The first-order valence-corrected chi connectivity index (χ1v) is 11.4. The number of aliphatic hydroxyl groups is 2. The van der Waals surface area contributed by atoms with Crippen molar-refractivity contribution in [2.24, 2.45) is 5.92 Å². The molecule has 0 aliphatic carbocycles. The molecule has 2 unspecified atom stereocenters. The summed E-state index contributed by atoms with van der Waals surface area (Å²) in [5.74, 6) is -1.50. The number of alkyl halides is 3. The molecule has 0 saturated heterocycles. The summed E-state index contributed by atoms with van der Waals surface area (Å²) in [4.78, 5) is 21.7. The SMILES string of the molecule is Cc1cc(OCc2ncccc2F)c2nc(C)c(C(=O)CC(CCC(O)C(F)(F)F)C(C)(C)O)n2c1. The van der Waals surface area contributed by atoms with Gasteiger partial charge in [0.2, 0.25) is 0 Å². The number of aromatic nitrogens is 3. The molecule has 3 aromatic heterocycles. The largest absolute Gasteiger partial charge is 0.483 e. The van der Waals surface area contributed by atoms with E-state index in [0.29, 0.717) is 17.1 Å². The number of carbonyl (C=O) groups excluding carboxylic acids is 1. The van der Waals surface area contributed by atoms with Crippen LogP contribution in [0.2, 0.25) is 0 Å². The molecule has 0 saturated carbocycles. The Morgan fingerprint density at radius 3 is 2.53 bits per heavy atom. The fourth-order valence-corrected chi connectivity index (χ4v) is 4.02. The van der Waals surface area contributed by atoms with Crippen molar-refractivity contribution in [2.45, 2.75) is 71.4 Å². The molecule has 0 bridgehead atoms. The predicted octanol–water partition coefficient (Wildman–Crippen LogP) is 4.73. The number of ether oxygens (including phenoxy) is 1. The van der Waals surface area contributed by atoms with Gasteiger partial charge < -0.3 is 14.9 Å². The molecule has 0 radical (unpaired) electrons. The van der Waals surface area contributed by atoms with Crippen LogP contribution in [0.1, 0.15) is 60.5 Å². The van der Waals surface area contributed by atoms with Crippen LogP contribution in [0.25, 0.3) is 5.65 Å². The predicted molar refractivity (Wildman–Crippen MR) is 123 cm³/mol. The Balaban J connectivity index is 1.88. The summed E-state index contributed by atoms with van der Waals surface area (Å²) in [5, 5.41) is 19.9. The second-order valence-electron chi connectivity index (χ2n) is 9.45. The van der Waals surface area contributed by atoms with Crippen molar-refractivity contribution in [3.63, 3.8) is 0 Å². The van der Waals surface area contributed by atoms with Crippen LogP contribution in [-0.4, -0.2) is 48.2 Å². The third-order valence-corrected chi connectivity index (χ3v) is 6.06. The standard InChI is InChI=1S/C25H29F4N3O4/c1-14-10-20(36-13-18-17(26)6-5-9-30-18)23-31-15(2)22(32(23)12-14)19(33)11-16(24(3,4)35)7-8-21(34)25(27,28)29/h5-6,9-10,12,16,21,34-35H,7-8,11,13H2,1-4H3. The van der Waals surface area contributed by atoms with E-state index in [1.807, 2.05) is 0 Å². The minimum atomic E-state index is -4.78. The average molecular weight is 512 g/mol. The van der Waals surface area contributed by atoms with Crippen LogP contribution in [0.3, 0.4) is 0 Å². The molecule has 0 spiro atoms. The van der Waals surface area contributed by atoms with Crippen LogP contribution in [-0.2, 0) is 6.61 Å². The van der Waals surface area contributed by atoms with Gasteiger partial charge in [-0.05, 0) is 70.2 Å². The number of hydrogen-bond donors (Lipinski definition) is 2. The molecule has 0 aliphatic rings. The first-order chi connectivity index (χ1) is 16.7. The molecule has 7 nitrogen and oxygen atoms in total. The summed E-state index contributed by atoms with van der Waals surface area (Å²) >= 11 is 0. The van der Waals surface area contributed by atoms with Crippen molar-refractivity contribution < 1.29 is 37.3 Å². The third kappa shape index (κ3) is 6.38. The van der Waals surface area contributed by atoms with Crippen molar-refractivity contribution in [2.75, 3.05) is 0 Å². The van der Waals surface area contributed by atoms with E-state index in [-0.39, 0.29) is 30.8 Å². The van der Waals surface area contributed by atoms with E-state index in [1.54, 1.807) is 26.1 Å². The van der Waals surface area contributed by atoms with Gasteiger partial charge in [0.25, 0.3) is 0 Å². The second kappa shape index (κ2) is 10.5. The summed E-state index contributed by atoms with van der Waals surface area (Å²) in [7, 11) is 0. The summed E-state index contributed by atoms with van der Waals surface area (Å²) in [6.45, 7) is 6.06. The second-order valence-corrected chi connectivity index (χ2v) is 9.45. The van der Waals surface area contributed by atoms with Crippen LogP contribution in [0.4, 0.5) is 17.6 Å². The number of Topliss-reactive ketones (excluding diaryl/α,β-unsaturated/α-hetero) is 1. The Morgan fingerprint density at radius 1 is 1.22 bits per heavy atom. The zero-order valence-electron chi connectivity index (χ0n) is 20.4. The van der Waals surface area contributed by atoms with Crippen molar-refractivity contribution in [1.82, 2.24) is 14.4 Å². The minimum absolute atomic E-state index is 0.103. The number of ketones is 1. The van der Waals surface area contributed by atoms with Gasteiger partial charge >= 0.3 is 6.18 Å². The highest BCUT2D eigenvalue weighted by atomic mass is 19.4. The van der Waals surface area contributed by atoms with Crippen LogP contribution < -0.4 is 4.74 Å². The van der Waals surface area contributed by atoms with Gasteiger partial charge in [0, 0.05) is 18.8 Å². The molecule has 196 valence electrons. The average Bonchev–Trinajstić information content (AvgIpc) is 3.09. The van der Waals surface area contributed by atoms with Crippen LogP contribution in [0, 0.1) is 25.6 Å². The maximum Gasteiger partial charge on any atom is 0.414 e. The van der Waals surface area contributed by atoms with Crippen molar-refractivity contribution in [3.8, 4) is 5.75 Å². The van der Waals surface area contributed by atoms with E-state index in [0.717, 1.165) is 5.56 Å². The lowest BCUT2D eigenvalue weighted by Gasteiger charge is -2.30. The molecule has 0 amide bonds. The van der Waals surface area contributed by atoms with Gasteiger partial charge in [-0.3, -0.25) is 14.2 Å². The number of nitrogens with zero attached hydrogens (tertiary/aromatic N) is 3. The van der Waals surface area contributed by atoms with Crippen LogP contribution in [0.5, 0.6) is 5.75 Å². The molecule has 11 heteroatoms. The quantitative estimate of drug-likeness (QED) is 0.302. The smallest absolute Gasteiger partial charge is 0.414 e. The van der Waals surface area contributed by atoms with E-state index in [2.05, 4.69) is 9.97 Å². The first kappa shape index (κ1) is 27.5. The molecule has 3 aromatic rings. The fourth-order valence-electron chi connectivity index (χ4n) is 4.02. The maximum atomic E-state index is 13.9. The molecule has 0 aromatic carbocycles. The Morgan fingerprint density at radius 2 is 1.92 bits per heavy atom. The number of aryl methyl sites for hydroxylation is 2. The first-order valence-electron chi connectivity index (χ1n) is 11.4. The van der Waals surface area contributed by atoms with Crippen molar-refractivity contribution in [1.29, 1.82) is 0 Å². The number of rotatable bonds is 10. The van der Waals surface area contributed by atoms with E-state index in [4.69, 9.17) is 4.74 Å². The van der Waals surface area contributed by atoms with E-state index < -0.39 is 41.8 Å². The minimum Gasteiger partial charge on any atom is -0.483 e. The lowest BCUT2D eigenvalue weighted by molar-refractivity contribution is -0.207. The van der Waals surface area contributed by atoms with Crippen LogP contribution in [0.15, 0.2) is 30.6 Å². The van der Waals surface area contributed by atoms with Gasteiger partial charge in [0.05, 0.1) is 11.3 Å². The molecule has 3 rings (SSSR count). The van der Waals surface area contributed by atoms with Crippen molar-refractivity contribution in [3.05, 3.63) is 59.1 Å². The Bertz CT molecular complexity index is 1230. The summed E-state index contributed by atoms with van der Waals surface area (Å²) in [5.41, 5.74) is 0.234.